The zero-order valence-electron chi connectivity index (χ0n) is 14.9. The monoisotopic (exact) mass is 390 g/mol. The van der Waals surface area contributed by atoms with Gasteiger partial charge >= 0.3 is 0 Å². The number of aromatic nitrogens is 3. The fourth-order valence-electron chi connectivity index (χ4n) is 3.56. The minimum atomic E-state index is -0.259. The Kier molecular flexibility index (Phi) is 6.08. The number of hydrogen-bond donors (Lipinski definition) is 2. The first kappa shape index (κ1) is 19.3. The number of amides is 2. The molecule has 0 radical (unpaired) electrons. The minimum Gasteiger partial charge on any atom is -0.349 e. The highest BCUT2D eigenvalue weighted by Crippen LogP contribution is 2.27. The summed E-state index contributed by atoms with van der Waals surface area (Å²) in [5.41, 5.74) is 2.29. The van der Waals surface area contributed by atoms with Gasteiger partial charge < -0.3 is 15.5 Å². The molecule has 2 aliphatic heterocycles. The number of hydrogen-bond acceptors (Lipinski definition) is 5. The van der Waals surface area contributed by atoms with Gasteiger partial charge in [-0.3, -0.25) is 9.59 Å². The summed E-state index contributed by atoms with van der Waals surface area (Å²) in [6.45, 7) is 2.73. The van der Waals surface area contributed by atoms with Crippen molar-refractivity contribution in [2.45, 2.75) is 25.3 Å². The summed E-state index contributed by atoms with van der Waals surface area (Å²) in [6.07, 6.45) is 4.11. The predicted octanol–water partition coefficient (Wildman–Crippen LogP) is 0.943. The average Bonchev–Trinajstić information content (AvgIpc) is 3.28. The van der Waals surface area contributed by atoms with Gasteiger partial charge in [-0.05, 0) is 37.6 Å². The van der Waals surface area contributed by atoms with Crippen LogP contribution >= 0.6 is 12.4 Å². The van der Waals surface area contributed by atoms with E-state index in [1.165, 1.54) is 0 Å². The van der Waals surface area contributed by atoms with Gasteiger partial charge in [0.1, 0.15) is 0 Å². The Hall–Kier alpha value is -2.45. The van der Waals surface area contributed by atoms with E-state index in [9.17, 15) is 9.59 Å². The highest BCUT2D eigenvalue weighted by atomic mass is 35.5. The smallest absolute Gasteiger partial charge is 0.273 e. The molecule has 2 amide bonds. The molecule has 0 atom stereocenters. The second kappa shape index (κ2) is 8.49. The Bertz CT molecular complexity index is 818. The van der Waals surface area contributed by atoms with Crippen LogP contribution in [0.5, 0.6) is 0 Å². The number of benzene rings is 1. The lowest BCUT2D eigenvalue weighted by Gasteiger charge is -2.22. The molecule has 1 aromatic heterocycles. The summed E-state index contributed by atoms with van der Waals surface area (Å²) in [6, 6.07) is 8.05. The van der Waals surface area contributed by atoms with Gasteiger partial charge in [0.2, 0.25) is 5.91 Å². The van der Waals surface area contributed by atoms with E-state index in [0.717, 1.165) is 37.2 Å². The summed E-state index contributed by atoms with van der Waals surface area (Å²) < 4.78 is 1.79. The van der Waals surface area contributed by atoms with Crippen molar-refractivity contribution < 1.29 is 9.59 Å². The largest absolute Gasteiger partial charge is 0.349 e. The van der Waals surface area contributed by atoms with Gasteiger partial charge in [0, 0.05) is 18.8 Å². The van der Waals surface area contributed by atoms with Crippen LogP contribution in [-0.4, -0.2) is 53.0 Å². The molecule has 0 saturated carbocycles. The maximum Gasteiger partial charge on any atom is 0.273 e. The number of carbonyl (C=O) groups is 2. The molecular formula is C18H23ClN6O2. The molecule has 0 aliphatic carbocycles. The molecule has 8 nitrogen and oxygen atoms in total. The quantitative estimate of drug-likeness (QED) is 0.792. The highest BCUT2D eigenvalue weighted by Gasteiger charge is 2.26. The highest BCUT2D eigenvalue weighted by molar-refractivity contribution is 6.01. The number of anilines is 1. The van der Waals surface area contributed by atoms with Gasteiger partial charge in [-0.1, -0.05) is 23.4 Å². The first-order valence-corrected chi connectivity index (χ1v) is 9.01. The molecule has 2 aliphatic rings. The van der Waals surface area contributed by atoms with Gasteiger partial charge in [0.15, 0.2) is 5.69 Å². The van der Waals surface area contributed by atoms with Crippen molar-refractivity contribution >= 4 is 29.9 Å². The van der Waals surface area contributed by atoms with Gasteiger partial charge in [0.25, 0.3) is 5.91 Å². The lowest BCUT2D eigenvalue weighted by molar-refractivity contribution is -0.117. The van der Waals surface area contributed by atoms with Crippen molar-refractivity contribution in [2.24, 2.45) is 0 Å². The second-order valence-electron chi connectivity index (χ2n) is 6.67. The number of nitrogens with zero attached hydrogens (tertiary/aromatic N) is 4. The first-order chi connectivity index (χ1) is 12.7. The van der Waals surface area contributed by atoms with Gasteiger partial charge in [-0.2, -0.15) is 0 Å². The predicted molar refractivity (Wildman–Crippen MR) is 103 cm³/mol. The number of carbonyl (C=O) groups excluding carboxylic acids is 2. The first-order valence-electron chi connectivity index (χ1n) is 9.01. The molecule has 144 valence electrons. The summed E-state index contributed by atoms with van der Waals surface area (Å²) >= 11 is 0. The fourth-order valence-corrected chi connectivity index (χ4v) is 3.56. The van der Waals surface area contributed by atoms with Crippen molar-refractivity contribution in [2.75, 3.05) is 31.1 Å². The lowest BCUT2D eigenvalue weighted by atomic mass is 10.1. The topological polar surface area (TPSA) is 92.2 Å². The van der Waals surface area contributed by atoms with E-state index >= 15 is 0 Å². The van der Waals surface area contributed by atoms with Crippen LogP contribution in [0.3, 0.4) is 0 Å². The number of fused-ring (bicyclic) bond motifs is 1. The van der Waals surface area contributed by atoms with Crippen LogP contribution in [0.2, 0.25) is 0 Å². The maximum atomic E-state index is 12.3. The third kappa shape index (κ3) is 4.12. The van der Waals surface area contributed by atoms with E-state index in [0.29, 0.717) is 31.2 Å². The Morgan fingerprint density at radius 2 is 2.04 bits per heavy atom. The third-order valence-corrected chi connectivity index (χ3v) is 4.97. The van der Waals surface area contributed by atoms with Gasteiger partial charge in [-0.15, -0.1) is 17.5 Å². The molecule has 4 rings (SSSR count). The minimum absolute atomic E-state index is 0. The van der Waals surface area contributed by atoms with Crippen LogP contribution in [0.25, 0.3) is 0 Å². The molecule has 3 heterocycles. The van der Waals surface area contributed by atoms with Crippen LogP contribution in [-0.2, 0) is 11.2 Å². The Morgan fingerprint density at radius 1 is 1.26 bits per heavy atom. The molecule has 0 unspecified atom stereocenters. The lowest BCUT2D eigenvalue weighted by Crippen LogP contribution is -2.36. The standard InChI is InChI=1S/C18H22N6O2.ClH/c25-17-11-13-3-1-2-4-16(13)23(17)10-9-20-18(26)15-12-24(22-21-15)14-5-7-19-8-6-14;/h1-4,12,14,19H,5-11H2,(H,20,26);1H. The zero-order chi connectivity index (χ0) is 17.9. The maximum absolute atomic E-state index is 12.3. The van der Waals surface area contributed by atoms with Crippen LogP contribution < -0.4 is 15.5 Å². The molecule has 27 heavy (non-hydrogen) atoms. The van der Waals surface area contributed by atoms with Gasteiger partial charge in [-0.25, -0.2) is 4.68 Å². The zero-order valence-corrected chi connectivity index (χ0v) is 15.7. The van der Waals surface area contributed by atoms with Crippen molar-refractivity contribution in [3.8, 4) is 0 Å². The summed E-state index contributed by atoms with van der Waals surface area (Å²) in [4.78, 5) is 26.2. The van der Waals surface area contributed by atoms with E-state index in [1.807, 2.05) is 24.3 Å². The van der Waals surface area contributed by atoms with E-state index < -0.39 is 0 Å². The van der Waals surface area contributed by atoms with Crippen LogP contribution in [0.1, 0.15) is 34.9 Å². The summed E-state index contributed by atoms with van der Waals surface area (Å²) in [5.74, 6) is -0.192. The third-order valence-electron chi connectivity index (χ3n) is 4.97. The van der Waals surface area contributed by atoms with E-state index in [-0.39, 0.29) is 24.2 Å². The number of piperidine rings is 1. The average molecular weight is 391 g/mol. The van der Waals surface area contributed by atoms with Crippen molar-refractivity contribution in [1.82, 2.24) is 25.6 Å². The number of nitrogens with one attached hydrogen (secondary N) is 2. The number of rotatable bonds is 5. The summed E-state index contributed by atoms with van der Waals surface area (Å²) in [5, 5.41) is 14.2. The molecule has 0 spiro atoms. The van der Waals surface area contributed by atoms with E-state index in [1.54, 1.807) is 15.8 Å². The summed E-state index contributed by atoms with van der Waals surface area (Å²) in [7, 11) is 0. The SMILES string of the molecule is Cl.O=C(NCCN1C(=O)Cc2ccccc21)c1cn(C2CCNCC2)nn1. The van der Waals surface area contributed by atoms with Crippen LogP contribution in [0.15, 0.2) is 30.5 Å². The Morgan fingerprint density at radius 3 is 2.85 bits per heavy atom. The molecule has 0 bridgehead atoms. The van der Waals surface area contributed by atoms with Crippen molar-refractivity contribution in [3.05, 3.63) is 41.7 Å². The van der Waals surface area contributed by atoms with Crippen molar-refractivity contribution in [3.63, 3.8) is 0 Å². The fraction of sp³-hybridized carbons (Fsp3) is 0.444. The van der Waals surface area contributed by atoms with Gasteiger partial charge in [0.05, 0.1) is 18.7 Å². The molecule has 2 N–H and O–H groups in total. The number of para-hydroxylation sites is 1. The Labute approximate surface area is 163 Å². The van der Waals surface area contributed by atoms with Crippen molar-refractivity contribution in [1.29, 1.82) is 0 Å². The van der Waals surface area contributed by atoms with E-state index in [4.69, 9.17) is 0 Å². The molecular weight excluding hydrogens is 368 g/mol. The molecule has 1 aromatic carbocycles. The second-order valence-corrected chi connectivity index (χ2v) is 6.67. The molecule has 1 saturated heterocycles. The van der Waals surface area contributed by atoms with Crippen LogP contribution in [0.4, 0.5) is 5.69 Å². The molecule has 2 aromatic rings. The van der Waals surface area contributed by atoms with Crippen LogP contribution in [0, 0.1) is 0 Å². The Balaban J connectivity index is 0.00000210. The molecule has 9 heteroatoms. The normalized spacial score (nSPS) is 16.7. The molecule has 1 fully saturated rings. The van der Waals surface area contributed by atoms with E-state index in [2.05, 4.69) is 20.9 Å². The number of halogens is 1.